The van der Waals surface area contributed by atoms with Crippen molar-refractivity contribution in [1.82, 2.24) is 4.90 Å². The third kappa shape index (κ3) is 2.56. The van der Waals surface area contributed by atoms with Crippen molar-refractivity contribution >= 4 is 5.69 Å². The van der Waals surface area contributed by atoms with Gasteiger partial charge in [0.05, 0.1) is 0 Å². The summed E-state index contributed by atoms with van der Waals surface area (Å²) in [6, 6.07) is 2.63. The largest absolute Gasteiger partial charge is 0.364 e. The standard InChI is InChI=1S/C12H17F2N3/c1-16-2-4-17(5-3-16)12-10(13)6-9(8-15)7-11(12)14/h6-7H,2-5,8,15H2,1H3. The van der Waals surface area contributed by atoms with E-state index in [1.165, 1.54) is 12.1 Å². The van der Waals surface area contributed by atoms with Crippen molar-refractivity contribution in [2.45, 2.75) is 6.54 Å². The first kappa shape index (κ1) is 12.3. The van der Waals surface area contributed by atoms with Crippen LogP contribution in [0.2, 0.25) is 0 Å². The number of rotatable bonds is 2. The highest BCUT2D eigenvalue weighted by molar-refractivity contribution is 5.51. The van der Waals surface area contributed by atoms with Gasteiger partial charge in [0.1, 0.15) is 17.3 Å². The third-order valence-electron chi connectivity index (χ3n) is 3.13. The molecule has 1 aromatic rings. The number of nitrogens with two attached hydrogens (primary N) is 1. The van der Waals surface area contributed by atoms with E-state index in [2.05, 4.69) is 4.90 Å². The van der Waals surface area contributed by atoms with Crippen LogP contribution in [-0.2, 0) is 6.54 Å². The number of benzene rings is 1. The number of nitrogens with zero attached hydrogens (tertiary/aromatic N) is 2. The molecule has 1 saturated heterocycles. The molecular weight excluding hydrogens is 224 g/mol. The Labute approximate surface area is 99.8 Å². The van der Waals surface area contributed by atoms with Crippen molar-refractivity contribution in [2.75, 3.05) is 38.1 Å². The molecule has 0 spiro atoms. The summed E-state index contributed by atoms with van der Waals surface area (Å²) in [6.45, 7) is 3.07. The molecule has 0 aliphatic carbocycles. The third-order valence-corrected chi connectivity index (χ3v) is 3.13. The molecule has 0 amide bonds. The fourth-order valence-corrected chi connectivity index (χ4v) is 2.07. The van der Waals surface area contributed by atoms with Crippen molar-refractivity contribution in [3.63, 3.8) is 0 Å². The minimum absolute atomic E-state index is 0.0790. The normalized spacial score (nSPS) is 17.5. The Morgan fingerprint density at radius 3 is 2.12 bits per heavy atom. The van der Waals surface area contributed by atoms with E-state index < -0.39 is 11.6 Å². The van der Waals surface area contributed by atoms with E-state index in [-0.39, 0.29) is 12.2 Å². The fraction of sp³-hybridized carbons (Fsp3) is 0.500. The molecule has 1 heterocycles. The van der Waals surface area contributed by atoms with E-state index in [0.29, 0.717) is 18.7 Å². The SMILES string of the molecule is CN1CCN(c2c(F)cc(CN)cc2F)CC1. The van der Waals surface area contributed by atoms with Crippen LogP contribution < -0.4 is 10.6 Å². The van der Waals surface area contributed by atoms with Crippen molar-refractivity contribution < 1.29 is 8.78 Å². The zero-order valence-corrected chi connectivity index (χ0v) is 9.92. The number of hydrogen-bond acceptors (Lipinski definition) is 3. The van der Waals surface area contributed by atoms with E-state index in [9.17, 15) is 8.78 Å². The van der Waals surface area contributed by atoms with Gasteiger partial charge in [-0.3, -0.25) is 0 Å². The van der Waals surface area contributed by atoms with Crippen molar-refractivity contribution in [1.29, 1.82) is 0 Å². The molecule has 94 valence electrons. The Morgan fingerprint density at radius 1 is 1.12 bits per heavy atom. The molecule has 2 rings (SSSR count). The van der Waals surface area contributed by atoms with Gasteiger partial charge in [0.2, 0.25) is 0 Å². The summed E-state index contributed by atoms with van der Waals surface area (Å²) in [5.41, 5.74) is 5.94. The number of piperazine rings is 1. The first-order valence-corrected chi connectivity index (χ1v) is 5.73. The molecule has 2 N–H and O–H groups in total. The van der Waals surface area contributed by atoms with Crippen molar-refractivity contribution in [2.24, 2.45) is 5.73 Å². The zero-order valence-electron chi connectivity index (χ0n) is 9.92. The number of hydrogen-bond donors (Lipinski definition) is 1. The summed E-state index contributed by atoms with van der Waals surface area (Å²) in [7, 11) is 2.00. The molecule has 0 bridgehead atoms. The number of likely N-dealkylation sites (N-methyl/N-ethyl adjacent to an activating group) is 1. The Balaban J connectivity index is 2.26. The van der Waals surface area contributed by atoms with Crippen LogP contribution in [-0.4, -0.2) is 38.1 Å². The summed E-state index contributed by atoms with van der Waals surface area (Å²) < 4.78 is 27.7. The van der Waals surface area contributed by atoms with Gasteiger partial charge in [-0.25, -0.2) is 8.78 Å². The van der Waals surface area contributed by atoms with Crippen LogP contribution in [0.1, 0.15) is 5.56 Å². The van der Waals surface area contributed by atoms with E-state index in [1.807, 2.05) is 7.05 Å². The lowest BCUT2D eigenvalue weighted by Crippen LogP contribution is -2.45. The van der Waals surface area contributed by atoms with E-state index in [1.54, 1.807) is 4.90 Å². The molecule has 1 aliphatic rings. The van der Waals surface area contributed by atoms with E-state index in [0.717, 1.165) is 13.1 Å². The average molecular weight is 241 g/mol. The van der Waals surface area contributed by atoms with Crippen molar-refractivity contribution in [3.05, 3.63) is 29.3 Å². The van der Waals surface area contributed by atoms with E-state index >= 15 is 0 Å². The monoisotopic (exact) mass is 241 g/mol. The predicted octanol–water partition coefficient (Wildman–Crippen LogP) is 1.18. The first-order chi connectivity index (χ1) is 8.11. The number of anilines is 1. The lowest BCUT2D eigenvalue weighted by atomic mass is 10.1. The van der Waals surface area contributed by atoms with Crippen LogP contribution in [0.5, 0.6) is 0 Å². The Kier molecular flexibility index (Phi) is 3.59. The van der Waals surface area contributed by atoms with E-state index in [4.69, 9.17) is 5.73 Å². The second kappa shape index (κ2) is 4.98. The summed E-state index contributed by atoms with van der Waals surface area (Å²) in [5, 5.41) is 0. The van der Waals surface area contributed by atoms with Gasteiger partial charge in [0, 0.05) is 32.7 Å². The smallest absolute Gasteiger partial charge is 0.149 e. The van der Waals surface area contributed by atoms with Crippen molar-refractivity contribution in [3.8, 4) is 0 Å². The second-order valence-corrected chi connectivity index (χ2v) is 4.40. The van der Waals surface area contributed by atoms with Gasteiger partial charge in [0.15, 0.2) is 0 Å². The summed E-state index contributed by atoms with van der Waals surface area (Å²) >= 11 is 0. The molecule has 17 heavy (non-hydrogen) atoms. The average Bonchev–Trinajstić information content (AvgIpc) is 2.30. The molecule has 0 saturated carbocycles. The van der Waals surface area contributed by atoms with Crippen LogP contribution in [0.4, 0.5) is 14.5 Å². The van der Waals surface area contributed by atoms with Crippen LogP contribution in [0.15, 0.2) is 12.1 Å². The zero-order chi connectivity index (χ0) is 12.4. The van der Waals surface area contributed by atoms with Crippen LogP contribution in [0.3, 0.4) is 0 Å². The van der Waals surface area contributed by atoms with Crippen LogP contribution in [0.25, 0.3) is 0 Å². The maximum atomic E-state index is 13.8. The molecular formula is C12H17F2N3. The molecule has 0 unspecified atom stereocenters. The highest BCUT2D eigenvalue weighted by Crippen LogP contribution is 2.25. The molecule has 0 radical (unpaired) electrons. The Bertz CT molecular complexity index is 378. The predicted molar refractivity (Wildman–Crippen MR) is 64.0 cm³/mol. The molecule has 1 aliphatic heterocycles. The molecule has 3 nitrogen and oxygen atoms in total. The molecule has 1 fully saturated rings. The molecule has 1 aromatic carbocycles. The number of halogens is 2. The highest BCUT2D eigenvalue weighted by atomic mass is 19.1. The maximum Gasteiger partial charge on any atom is 0.149 e. The van der Waals surface area contributed by atoms with Crippen LogP contribution in [0, 0.1) is 11.6 Å². The quantitative estimate of drug-likeness (QED) is 0.843. The van der Waals surface area contributed by atoms with Gasteiger partial charge in [-0.15, -0.1) is 0 Å². The lowest BCUT2D eigenvalue weighted by Gasteiger charge is -2.34. The van der Waals surface area contributed by atoms with Gasteiger partial charge < -0.3 is 15.5 Å². The molecule has 0 aromatic heterocycles. The van der Waals surface area contributed by atoms with Gasteiger partial charge in [-0.2, -0.15) is 0 Å². The van der Waals surface area contributed by atoms with Gasteiger partial charge in [-0.1, -0.05) is 0 Å². The molecule has 0 atom stereocenters. The maximum absolute atomic E-state index is 13.8. The topological polar surface area (TPSA) is 32.5 Å². The Hall–Kier alpha value is -1.20. The minimum atomic E-state index is -0.519. The van der Waals surface area contributed by atoms with Gasteiger partial charge in [0.25, 0.3) is 0 Å². The molecule has 5 heteroatoms. The summed E-state index contributed by atoms with van der Waals surface area (Å²) in [6.07, 6.45) is 0. The first-order valence-electron chi connectivity index (χ1n) is 5.73. The second-order valence-electron chi connectivity index (χ2n) is 4.40. The van der Waals surface area contributed by atoms with Gasteiger partial charge in [-0.05, 0) is 24.7 Å². The van der Waals surface area contributed by atoms with Crippen LogP contribution >= 0.6 is 0 Å². The Morgan fingerprint density at radius 2 is 1.65 bits per heavy atom. The summed E-state index contributed by atoms with van der Waals surface area (Å²) in [4.78, 5) is 3.89. The lowest BCUT2D eigenvalue weighted by molar-refractivity contribution is 0.310. The highest BCUT2D eigenvalue weighted by Gasteiger charge is 2.21. The van der Waals surface area contributed by atoms with Gasteiger partial charge >= 0.3 is 0 Å². The summed E-state index contributed by atoms with van der Waals surface area (Å²) in [5.74, 6) is -1.04. The fourth-order valence-electron chi connectivity index (χ4n) is 2.07. The minimum Gasteiger partial charge on any atom is -0.364 e.